The van der Waals surface area contributed by atoms with Crippen LogP contribution in [-0.2, 0) is 24.2 Å². The van der Waals surface area contributed by atoms with Crippen molar-refractivity contribution < 1.29 is 9.18 Å². The van der Waals surface area contributed by atoms with Gasteiger partial charge in [0.05, 0.1) is 6.54 Å². The van der Waals surface area contributed by atoms with Crippen LogP contribution in [0.4, 0.5) is 4.39 Å². The molecule has 3 heterocycles. The van der Waals surface area contributed by atoms with Gasteiger partial charge in [-0.05, 0) is 56.3 Å². The molecule has 1 aromatic carbocycles. The number of benzene rings is 1. The van der Waals surface area contributed by atoms with Crippen LogP contribution < -0.4 is 5.32 Å². The fraction of sp³-hybridized carbons (Fsp3) is 0.591. The van der Waals surface area contributed by atoms with Gasteiger partial charge < -0.3 is 9.88 Å². The Labute approximate surface area is 171 Å². The molecule has 2 aromatic rings. The number of hydrogen-bond donors (Lipinski definition) is 1. The maximum absolute atomic E-state index is 13.0. The van der Waals surface area contributed by atoms with E-state index in [0.717, 1.165) is 56.1 Å². The number of likely N-dealkylation sites (tertiary alicyclic amines) is 1. The highest BCUT2D eigenvalue weighted by Crippen LogP contribution is 2.27. The molecule has 1 fully saturated rings. The van der Waals surface area contributed by atoms with E-state index in [1.165, 1.54) is 31.4 Å². The molecule has 1 aromatic heterocycles. The van der Waals surface area contributed by atoms with Gasteiger partial charge in [-0.1, -0.05) is 18.6 Å². The predicted molar refractivity (Wildman–Crippen MR) is 109 cm³/mol. The Hall–Kier alpha value is -2.28. The normalized spacial score (nSPS) is 20.1. The third-order valence-corrected chi connectivity index (χ3v) is 6.03. The number of rotatable bonds is 6. The first-order valence-electron chi connectivity index (χ1n) is 10.8. The molecule has 0 radical (unpaired) electrons. The Morgan fingerprint density at radius 1 is 1.10 bits per heavy atom. The van der Waals surface area contributed by atoms with Crippen molar-refractivity contribution in [2.45, 2.75) is 57.4 Å². The Morgan fingerprint density at radius 3 is 2.83 bits per heavy atom. The minimum Gasteiger partial charge on any atom is -0.355 e. The number of hydrogen-bond acceptors (Lipinski definition) is 4. The summed E-state index contributed by atoms with van der Waals surface area (Å²) in [4.78, 5) is 14.6. The molecule has 1 N–H and O–H groups in total. The van der Waals surface area contributed by atoms with E-state index in [9.17, 15) is 9.18 Å². The van der Waals surface area contributed by atoms with Gasteiger partial charge in [0.15, 0.2) is 0 Å². The minimum atomic E-state index is -0.234. The van der Waals surface area contributed by atoms with Crippen molar-refractivity contribution in [2.75, 3.05) is 26.2 Å². The fourth-order valence-corrected chi connectivity index (χ4v) is 4.48. The van der Waals surface area contributed by atoms with E-state index >= 15 is 0 Å². The van der Waals surface area contributed by atoms with Gasteiger partial charge in [0.2, 0.25) is 5.91 Å². The van der Waals surface area contributed by atoms with Crippen LogP contribution in [0.1, 0.15) is 55.2 Å². The Kier molecular flexibility index (Phi) is 6.54. The zero-order chi connectivity index (χ0) is 20.1. The van der Waals surface area contributed by atoms with Gasteiger partial charge in [0.25, 0.3) is 0 Å². The summed E-state index contributed by atoms with van der Waals surface area (Å²) in [5.74, 6) is 2.42. The molecule has 1 saturated heterocycles. The van der Waals surface area contributed by atoms with Gasteiger partial charge in [0.1, 0.15) is 17.5 Å². The van der Waals surface area contributed by atoms with E-state index in [1.54, 1.807) is 12.1 Å². The number of nitrogens with zero attached hydrogens (tertiary/aromatic N) is 4. The van der Waals surface area contributed by atoms with E-state index in [1.807, 2.05) is 0 Å². The van der Waals surface area contributed by atoms with Crippen molar-refractivity contribution in [1.29, 1.82) is 0 Å². The number of carbonyl (C=O) groups is 1. The van der Waals surface area contributed by atoms with Crippen molar-refractivity contribution in [2.24, 2.45) is 0 Å². The van der Waals surface area contributed by atoms with Crippen molar-refractivity contribution >= 4 is 5.91 Å². The lowest BCUT2D eigenvalue weighted by molar-refractivity contribution is -0.122. The molecule has 2 aliphatic heterocycles. The zero-order valence-corrected chi connectivity index (χ0v) is 16.9. The monoisotopic (exact) mass is 399 g/mol. The molecule has 4 rings (SSSR count). The lowest BCUT2D eigenvalue weighted by Gasteiger charge is -2.31. The predicted octanol–water partition coefficient (Wildman–Crippen LogP) is 2.68. The first kappa shape index (κ1) is 20.0. The van der Waals surface area contributed by atoms with Gasteiger partial charge in [-0.25, -0.2) is 4.39 Å². The van der Waals surface area contributed by atoms with Crippen LogP contribution in [0.3, 0.4) is 0 Å². The quantitative estimate of drug-likeness (QED) is 0.811. The maximum Gasteiger partial charge on any atom is 0.234 e. The molecular weight excluding hydrogens is 369 g/mol. The van der Waals surface area contributed by atoms with E-state index in [0.29, 0.717) is 25.4 Å². The van der Waals surface area contributed by atoms with Crippen molar-refractivity contribution in [1.82, 2.24) is 25.0 Å². The van der Waals surface area contributed by atoms with E-state index in [2.05, 4.69) is 25.0 Å². The van der Waals surface area contributed by atoms with Crippen LogP contribution in [0.5, 0.6) is 0 Å². The van der Waals surface area contributed by atoms with Crippen LogP contribution >= 0.6 is 0 Å². The zero-order valence-electron chi connectivity index (χ0n) is 16.9. The number of fused-ring (bicyclic) bond motifs is 1. The molecule has 0 bridgehead atoms. The average Bonchev–Trinajstić information content (AvgIpc) is 2.98. The first-order chi connectivity index (χ1) is 14.2. The van der Waals surface area contributed by atoms with Crippen LogP contribution in [0, 0.1) is 5.82 Å². The summed E-state index contributed by atoms with van der Waals surface area (Å²) in [6.45, 7) is 3.82. The number of halogens is 1. The second kappa shape index (κ2) is 9.48. The van der Waals surface area contributed by atoms with Crippen LogP contribution in [0.15, 0.2) is 24.3 Å². The molecule has 29 heavy (non-hydrogen) atoms. The van der Waals surface area contributed by atoms with Crippen LogP contribution in [0.25, 0.3) is 0 Å². The molecule has 0 spiro atoms. The van der Waals surface area contributed by atoms with Gasteiger partial charge >= 0.3 is 0 Å². The fourth-order valence-electron chi connectivity index (χ4n) is 4.48. The largest absolute Gasteiger partial charge is 0.355 e. The average molecular weight is 400 g/mol. The van der Waals surface area contributed by atoms with E-state index < -0.39 is 0 Å². The summed E-state index contributed by atoms with van der Waals surface area (Å²) in [5.41, 5.74) is 1.03. The summed E-state index contributed by atoms with van der Waals surface area (Å²) in [6, 6.07) is 6.43. The SMILES string of the molecule is O=C(CN1CCCC(c2nnc3n2CCCCC3)C1)NCCc1ccc(F)cc1. The first-order valence-corrected chi connectivity index (χ1v) is 10.8. The molecular formula is C22H30FN5O. The van der Waals surface area contributed by atoms with Gasteiger partial charge in [0, 0.05) is 32.0 Å². The lowest BCUT2D eigenvalue weighted by Crippen LogP contribution is -2.42. The summed E-state index contributed by atoms with van der Waals surface area (Å²) >= 11 is 0. The van der Waals surface area contributed by atoms with Crippen LogP contribution in [-0.4, -0.2) is 51.8 Å². The molecule has 156 valence electrons. The second-order valence-corrected chi connectivity index (χ2v) is 8.24. The Bertz CT molecular complexity index is 819. The number of aromatic nitrogens is 3. The molecule has 1 amide bonds. The topological polar surface area (TPSA) is 63.1 Å². The second-order valence-electron chi connectivity index (χ2n) is 8.24. The summed E-state index contributed by atoms with van der Waals surface area (Å²) in [7, 11) is 0. The number of piperidine rings is 1. The smallest absolute Gasteiger partial charge is 0.234 e. The highest BCUT2D eigenvalue weighted by molar-refractivity contribution is 5.78. The van der Waals surface area contributed by atoms with Crippen LogP contribution in [0.2, 0.25) is 0 Å². The maximum atomic E-state index is 13.0. The molecule has 1 atom stereocenters. The number of nitrogens with one attached hydrogen (secondary N) is 1. The highest BCUT2D eigenvalue weighted by atomic mass is 19.1. The molecule has 1 unspecified atom stereocenters. The highest BCUT2D eigenvalue weighted by Gasteiger charge is 2.28. The van der Waals surface area contributed by atoms with Gasteiger partial charge in [-0.3, -0.25) is 9.69 Å². The number of aryl methyl sites for hydroxylation is 1. The molecule has 0 aliphatic carbocycles. The molecule has 6 nitrogen and oxygen atoms in total. The summed E-state index contributed by atoms with van der Waals surface area (Å²) < 4.78 is 15.3. The molecule has 7 heteroatoms. The number of carbonyl (C=O) groups excluding carboxylic acids is 1. The van der Waals surface area contributed by atoms with Gasteiger partial charge in [-0.2, -0.15) is 0 Å². The Balaban J connectivity index is 1.27. The molecule has 2 aliphatic rings. The van der Waals surface area contributed by atoms with Crippen molar-refractivity contribution in [3.05, 3.63) is 47.3 Å². The minimum absolute atomic E-state index is 0.0489. The summed E-state index contributed by atoms with van der Waals surface area (Å²) in [6.07, 6.45) is 7.59. The van der Waals surface area contributed by atoms with Crippen molar-refractivity contribution in [3.63, 3.8) is 0 Å². The van der Waals surface area contributed by atoms with E-state index in [4.69, 9.17) is 0 Å². The molecule has 0 saturated carbocycles. The Morgan fingerprint density at radius 2 is 1.97 bits per heavy atom. The summed E-state index contributed by atoms with van der Waals surface area (Å²) in [5, 5.41) is 12.0. The third kappa shape index (κ3) is 5.21. The standard InChI is InChI=1S/C22H30FN5O/c23-19-9-7-17(8-10-19)11-12-24-21(29)16-27-13-4-5-18(15-27)22-26-25-20-6-2-1-3-14-28(20)22/h7-10,18H,1-6,11-16H2,(H,24,29). The third-order valence-electron chi connectivity index (χ3n) is 6.03. The lowest BCUT2D eigenvalue weighted by atomic mass is 9.97. The number of amides is 1. The van der Waals surface area contributed by atoms with Crippen molar-refractivity contribution in [3.8, 4) is 0 Å². The van der Waals surface area contributed by atoms with E-state index in [-0.39, 0.29) is 11.7 Å². The van der Waals surface area contributed by atoms with Gasteiger partial charge in [-0.15, -0.1) is 10.2 Å².